The van der Waals surface area contributed by atoms with Gasteiger partial charge in [-0.1, -0.05) is 35.5 Å². The summed E-state index contributed by atoms with van der Waals surface area (Å²) in [6, 6.07) is 7.21. The molecule has 5 nitrogen and oxygen atoms in total. The Bertz CT molecular complexity index is 879. The highest BCUT2D eigenvalue weighted by atomic mass is 35.5. The average Bonchev–Trinajstić information content (AvgIpc) is 3.05. The first kappa shape index (κ1) is 18.7. The largest absolute Gasteiger partial charge is 0.433 e. The number of thioether (sulfide) groups is 1. The Morgan fingerprint density at radius 2 is 1.93 bits per heavy atom. The van der Waals surface area contributed by atoms with E-state index >= 15 is 0 Å². The number of hydrogen-bond acceptors (Lipinski definition) is 6. The molecule has 2 aliphatic rings. The molecule has 0 radical (unpaired) electrons. The van der Waals surface area contributed by atoms with Crippen LogP contribution in [0, 0.1) is 0 Å². The summed E-state index contributed by atoms with van der Waals surface area (Å²) in [5.41, 5.74) is -0.442. The minimum Gasteiger partial charge on any atom is -0.343 e. The number of hydrogen-bond donors (Lipinski definition) is 0. The summed E-state index contributed by atoms with van der Waals surface area (Å²) in [6.07, 6.45) is -5.73. The number of nitrogens with zero attached hydrogens (tertiary/aromatic N) is 2. The van der Waals surface area contributed by atoms with Crippen molar-refractivity contribution in [1.82, 2.24) is 9.97 Å². The van der Waals surface area contributed by atoms with E-state index in [2.05, 4.69) is 9.97 Å². The van der Waals surface area contributed by atoms with Gasteiger partial charge in [-0.15, -0.1) is 0 Å². The lowest BCUT2D eigenvalue weighted by molar-refractivity contribution is -0.151. The van der Waals surface area contributed by atoms with Crippen LogP contribution in [0.1, 0.15) is 12.1 Å². The van der Waals surface area contributed by atoms with Crippen molar-refractivity contribution in [3.8, 4) is 11.3 Å². The molecule has 2 aliphatic heterocycles. The van der Waals surface area contributed by atoms with Crippen molar-refractivity contribution < 1.29 is 27.4 Å². The third-order valence-electron chi connectivity index (χ3n) is 4.18. The fourth-order valence-corrected chi connectivity index (χ4v) is 4.09. The monoisotopic (exact) mass is 416 g/mol. The molecule has 0 N–H and O–H groups in total. The van der Waals surface area contributed by atoms with Crippen LogP contribution in [0.4, 0.5) is 13.2 Å². The van der Waals surface area contributed by atoms with Gasteiger partial charge in [-0.3, -0.25) is 4.79 Å². The van der Waals surface area contributed by atoms with Crippen LogP contribution in [0.25, 0.3) is 11.3 Å². The van der Waals surface area contributed by atoms with E-state index in [-0.39, 0.29) is 35.8 Å². The van der Waals surface area contributed by atoms with Crippen molar-refractivity contribution >= 4 is 29.1 Å². The Kier molecular flexibility index (Phi) is 4.87. The molecule has 10 heteroatoms. The van der Waals surface area contributed by atoms with Crippen molar-refractivity contribution in [3.63, 3.8) is 0 Å². The van der Waals surface area contributed by atoms with Gasteiger partial charge in [-0.2, -0.15) is 13.2 Å². The normalized spacial score (nSPS) is 25.0. The molecule has 2 bridgehead atoms. The van der Waals surface area contributed by atoms with Gasteiger partial charge in [0.15, 0.2) is 10.9 Å². The highest BCUT2D eigenvalue weighted by Crippen LogP contribution is 2.38. The number of ether oxygens (including phenoxy) is 2. The molecule has 2 aromatic rings. The first-order valence-electron chi connectivity index (χ1n) is 7.98. The molecular formula is C17H12ClF3N2O3S. The summed E-state index contributed by atoms with van der Waals surface area (Å²) in [4.78, 5) is 19.8. The number of carbonyl (C=O) groups is 1. The predicted molar refractivity (Wildman–Crippen MR) is 91.4 cm³/mol. The van der Waals surface area contributed by atoms with Gasteiger partial charge < -0.3 is 9.47 Å². The summed E-state index contributed by atoms with van der Waals surface area (Å²) < 4.78 is 50.6. The molecule has 3 atom stereocenters. The van der Waals surface area contributed by atoms with E-state index in [1.807, 2.05) is 0 Å². The lowest BCUT2D eigenvalue weighted by Crippen LogP contribution is -2.37. The number of rotatable bonds is 3. The second kappa shape index (κ2) is 7.05. The lowest BCUT2D eigenvalue weighted by atomic mass is 10.1. The van der Waals surface area contributed by atoms with E-state index in [9.17, 15) is 18.0 Å². The molecule has 2 saturated heterocycles. The quantitative estimate of drug-likeness (QED) is 0.705. The van der Waals surface area contributed by atoms with Gasteiger partial charge in [0.1, 0.15) is 5.69 Å². The fraction of sp³-hybridized carbons (Fsp3) is 0.353. The third kappa shape index (κ3) is 3.96. The highest BCUT2D eigenvalue weighted by molar-refractivity contribution is 7.99. The zero-order chi connectivity index (χ0) is 19.2. The zero-order valence-electron chi connectivity index (χ0n) is 13.6. The van der Waals surface area contributed by atoms with Crippen molar-refractivity contribution in [2.45, 2.75) is 35.4 Å². The topological polar surface area (TPSA) is 61.3 Å². The standard InChI is InChI=1S/C17H12ClF3N2O3S/c18-9-3-1-8(2-4-9)10-5-14(17(19,20)21)23-16(22-10)27-13-6-11(24)15-25-7-12(13)26-15/h1-5,12-13,15H,6-7H2/t12-,13+,15+/m1/s1. The molecule has 1 aromatic carbocycles. The van der Waals surface area contributed by atoms with Gasteiger partial charge in [0.25, 0.3) is 0 Å². The van der Waals surface area contributed by atoms with Crippen LogP contribution in [0.15, 0.2) is 35.5 Å². The van der Waals surface area contributed by atoms with Crippen LogP contribution in [0.2, 0.25) is 5.02 Å². The summed E-state index contributed by atoms with van der Waals surface area (Å²) in [5, 5.41) is -0.00793. The first-order chi connectivity index (χ1) is 12.8. The number of halogens is 4. The predicted octanol–water partition coefficient (Wildman–Crippen LogP) is 3.99. The van der Waals surface area contributed by atoms with E-state index < -0.39 is 23.4 Å². The van der Waals surface area contributed by atoms with Crippen LogP contribution in [-0.4, -0.2) is 40.0 Å². The first-order valence-corrected chi connectivity index (χ1v) is 9.24. The SMILES string of the molecule is O=C1C[C@H](Sc2nc(-c3ccc(Cl)cc3)cc(C(F)(F)F)n2)[C@H]2CO[C@H]1O2. The minimum absolute atomic E-state index is 0.0680. The molecule has 0 aliphatic carbocycles. The summed E-state index contributed by atoms with van der Waals surface area (Å²) in [7, 11) is 0. The van der Waals surface area contributed by atoms with Crippen LogP contribution < -0.4 is 0 Å². The molecule has 27 heavy (non-hydrogen) atoms. The van der Waals surface area contributed by atoms with Gasteiger partial charge in [-0.25, -0.2) is 9.97 Å². The molecule has 3 heterocycles. The van der Waals surface area contributed by atoms with Crippen molar-refractivity contribution in [2.75, 3.05) is 6.61 Å². The second-order valence-electron chi connectivity index (χ2n) is 6.09. The average molecular weight is 417 g/mol. The molecule has 4 rings (SSSR count). The van der Waals surface area contributed by atoms with E-state index in [1.165, 1.54) is 0 Å². The third-order valence-corrected chi connectivity index (χ3v) is 5.60. The van der Waals surface area contributed by atoms with Gasteiger partial charge in [0.05, 0.1) is 18.4 Å². The van der Waals surface area contributed by atoms with Crippen LogP contribution in [0.3, 0.4) is 0 Å². The van der Waals surface area contributed by atoms with Crippen molar-refractivity contribution in [3.05, 3.63) is 41.0 Å². The number of alkyl halides is 3. The Morgan fingerprint density at radius 1 is 1.19 bits per heavy atom. The van der Waals surface area contributed by atoms with Gasteiger partial charge in [0.2, 0.25) is 6.29 Å². The van der Waals surface area contributed by atoms with Gasteiger partial charge in [-0.05, 0) is 18.2 Å². The smallest absolute Gasteiger partial charge is 0.343 e. The van der Waals surface area contributed by atoms with Crippen LogP contribution >= 0.6 is 23.4 Å². The molecule has 0 spiro atoms. The van der Waals surface area contributed by atoms with Gasteiger partial charge >= 0.3 is 6.18 Å². The highest BCUT2D eigenvalue weighted by Gasteiger charge is 2.44. The molecule has 0 amide bonds. The van der Waals surface area contributed by atoms with Crippen molar-refractivity contribution in [1.29, 1.82) is 0 Å². The maximum Gasteiger partial charge on any atom is 0.433 e. The number of aromatic nitrogens is 2. The molecule has 2 fully saturated rings. The number of ketones is 1. The number of carbonyl (C=O) groups excluding carboxylic acids is 1. The molecule has 0 unspecified atom stereocenters. The fourth-order valence-electron chi connectivity index (χ4n) is 2.85. The second-order valence-corrected chi connectivity index (χ2v) is 7.73. The van der Waals surface area contributed by atoms with Gasteiger partial charge in [0, 0.05) is 22.3 Å². The Balaban J connectivity index is 1.68. The summed E-state index contributed by atoms with van der Waals surface area (Å²) >= 11 is 6.83. The Labute approximate surface area is 161 Å². The van der Waals surface area contributed by atoms with Crippen molar-refractivity contribution in [2.24, 2.45) is 0 Å². The molecule has 1 aromatic heterocycles. The summed E-state index contributed by atoms with van der Waals surface area (Å²) in [5.74, 6) is -0.230. The van der Waals surface area contributed by atoms with Crippen LogP contribution in [0.5, 0.6) is 0 Å². The summed E-state index contributed by atoms with van der Waals surface area (Å²) in [6.45, 7) is 0.219. The molecular weight excluding hydrogens is 405 g/mol. The molecule has 0 saturated carbocycles. The Hall–Kier alpha value is -1.68. The van der Waals surface area contributed by atoms with Crippen LogP contribution in [-0.2, 0) is 20.4 Å². The number of Topliss-reactive ketones (excluding diaryl/α,β-unsaturated/α-hetero) is 1. The maximum atomic E-state index is 13.3. The van der Waals surface area contributed by atoms with E-state index in [0.29, 0.717) is 10.6 Å². The van der Waals surface area contributed by atoms with E-state index in [4.69, 9.17) is 21.1 Å². The van der Waals surface area contributed by atoms with E-state index in [0.717, 1.165) is 17.8 Å². The van der Waals surface area contributed by atoms with E-state index in [1.54, 1.807) is 24.3 Å². The zero-order valence-corrected chi connectivity index (χ0v) is 15.1. The Morgan fingerprint density at radius 3 is 2.63 bits per heavy atom. The lowest BCUT2D eigenvalue weighted by Gasteiger charge is -2.25. The molecule has 142 valence electrons. The number of benzene rings is 1. The minimum atomic E-state index is -4.63. The number of fused-ring (bicyclic) bond motifs is 2. The maximum absolute atomic E-state index is 13.3.